The Morgan fingerprint density at radius 2 is 2.00 bits per heavy atom. The number of nitrogens with one attached hydrogen (secondary N) is 1. The predicted molar refractivity (Wildman–Crippen MR) is 99.7 cm³/mol. The normalized spacial score (nSPS) is 17.0. The van der Waals surface area contributed by atoms with E-state index in [0.29, 0.717) is 5.56 Å². The number of nitriles is 1. The first kappa shape index (κ1) is 20.0. The van der Waals surface area contributed by atoms with E-state index in [0.717, 1.165) is 10.5 Å². The summed E-state index contributed by atoms with van der Waals surface area (Å²) in [4.78, 5) is 29.5. The molecule has 0 spiro atoms. The number of aromatic nitrogens is 1. The number of alkyl halides is 2. The van der Waals surface area contributed by atoms with Gasteiger partial charge in [0.2, 0.25) is 5.91 Å². The second kappa shape index (κ2) is 8.49. The average Bonchev–Trinajstić information content (AvgIpc) is 3.06. The van der Waals surface area contributed by atoms with E-state index >= 15 is 0 Å². The fourth-order valence-electron chi connectivity index (χ4n) is 2.90. The van der Waals surface area contributed by atoms with Gasteiger partial charge < -0.3 is 10.2 Å². The number of amides is 2. The van der Waals surface area contributed by atoms with Gasteiger partial charge in [0.05, 0.1) is 30.3 Å². The molecule has 1 fully saturated rings. The topological polar surface area (TPSA) is 86.1 Å². The molecule has 1 atom stereocenters. The Balaban J connectivity index is 1.68. The molecular weight excluding hydrogens is 378 g/mol. The lowest BCUT2D eigenvalue weighted by atomic mass is 10.1. The molecule has 6 nitrogen and oxygen atoms in total. The summed E-state index contributed by atoms with van der Waals surface area (Å²) in [5.41, 5.74) is 1.33. The summed E-state index contributed by atoms with van der Waals surface area (Å²) in [6, 6.07) is 11.1. The number of nitrogens with zero attached hydrogens (tertiary/aromatic N) is 3. The van der Waals surface area contributed by atoms with Gasteiger partial charge in [0.15, 0.2) is 0 Å². The van der Waals surface area contributed by atoms with E-state index in [1.54, 1.807) is 6.07 Å². The number of benzene rings is 1. The van der Waals surface area contributed by atoms with Crippen molar-refractivity contribution in [1.29, 1.82) is 5.26 Å². The summed E-state index contributed by atoms with van der Waals surface area (Å²) in [5.74, 6) is 1.36. The second-order valence-electron chi connectivity index (χ2n) is 6.45. The van der Waals surface area contributed by atoms with Crippen molar-refractivity contribution >= 4 is 11.8 Å². The quantitative estimate of drug-likeness (QED) is 0.807. The molecular formula is C21H16F2N4O2. The van der Waals surface area contributed by atoms with E-state index in [1.165, 1.54) is 18.5 Å². The molecule has 146 valence electrons. The van der Waals surface area contributed by atoms with E-state index < -0.39 is 43.3 Å². The third kappa shape index (κ3) is 4.94. The molecule has 1 aliphatic heterocycles. The number of halogens is 2. The predicted octanol–water partition coefficient (Wildman–Crippen LogP) is 1.97. The summed E-state index contributed by atoms with van der Waals surface area (Å²) in [5, 5.41) is 11.4. The molecule has 1 aromatic carbocycles. The van der Waals surface area contributed by atoms with Gasteiger partial charge in [-0.3, -0.25) is 14.6 Å². The van der Waals surface area contributed by atoms with E-state index in [4.69, 9.17) is 5.26 Å². The number of carbonyl (C=O) groups is 2. The molecule has 1 aliphatic rings. The van der Waals surface area contributed by atoms with Crippen molar-refractivity contribution in [2.45, 2.75) is 18.4 Å². The van der Waals surface area contributed by atoms with E-state index in [2.05, 4.69) is 22.1 Å². The Kier molecular flexibility index (Phi) is 5.85. The largest absolute Gasteiger partial charge is 0.343 e. The minimum Gasteiger partial charge on any atom is -0.343 e. The van der Waals surface area contributed by atoms with E-state index in [9.17, 15) is 18.4 Å². The van der Waals surface area contributed by atoms with Crippen LogP contribution in [-0.2, 0) is 4.79 Å². The van der Waals surface area contributed by atoms with Gasteiger partial charge in [0, 0.05) is 24.4 Å². The van der Waals surface area contributed by atoms with Crippen LogP contribution in [0.3, 0.4) is 0 Å². The lowest BCUT2D eigenvalue weighted by Crippen LogP contribution is -2.43. The van der Waals surface area contributed by atoms with Gasteiger partial charge in [-0.25, -0.2) is 8.78 Å². The number of pyridine rings is 1. The molecule has 1 saturated heterocycles. The van der Waals surface area contributed by atoms with Gasteiger partial charge in [-0.15, -0.1) is 0 Å². The maximum atomic E-state index is 13.5. The van der Waals surface area contributed by atoms with E-state index in [1.807, 2.05) is 30.3 Å². The number of likely N-dealkylation sites (tertiary alicyclic amines) is 1. The summed E-state index contributed by atoms with van der Waals surface area (Å²) in [6.45, 7) is -1.33. The maximum absolute atomic E-state index is 13.5. The lowest BCUT2D eigenvalue weighted by molar-refractivity contribution is -0.131. The molecule has 0 radical (unpaired) electrons. The molecule has 3 rings (SSSR count). The van der Waals surface area contributed by atoms with Gasteiger partial charge in [0.25, 0.3) is 11.8 Å². The van der Waals surface area contributed by atoms with Crippen LogP contribution in [0.15, 0.2) is 48.8 Å². The molecule has 2 heterocycles. The summed E-state index contributed by atoms with van der Waals surface area (Å²) < 4.78 is 27.0. The third-order valence-corrected chi connectivity index (χ3v) is 4.32. The molecule has 0 saturated carbocycles. The minimum absolute atomic E-state index is 0.208. The van der Waals surface area contributed by atoms with Crippen LogP contribution in [0.25, 0.3) is 0 Å². The first-order valence-electron chi connectivity index (χ1n) is 8.76. The van der Waals surface area contributed by atoms with Crippen LogP contribution in [0.4, 0.5) is 8.78 Å². The van der Waals surface area contributed by atoms with E-state index in [-0.39, 0.29) is 5.56 Å². The highest BCUT2D eigenvalue weighted by molar-refractivity contribution is 5.98. The number of hydrogen-bond acceptors (Lipinski definition) is 4. The van der Waals surface area contributed by atoms with Crippen LogP contribution in [0, 0.1) is 23.2 Å². The van der Waals surface area contributed by atoms with Gasteiger partial charge in [-0.1, -0.05) is 30.0 Å². The fraction of sp³-hybridized carbons (Fsp3) is 0.238. The Morgan fingerprint density at radius 1 is 1.24 bits per heavy atom. The molecule has 2 amide bonds. The summed E-state index contributed by atoms with van der Waals surface area (Å²) in [7, 11) is 0. The molecule has 1 N–H and O–H groups in total. The fourth-order valence-corrected chi connectivity index (χ4v) is 2.90. The SMILES string of the molecule is N#CC1CC(F)(F)CN1C(=O)CNC(=O)c1ccncc1C#Cc1ccccc1. The van der Waals surface area contributed by atoms with Crippen LogP contribution in [0.1, 0.15) is 27.9 Å². The van der Waals surface area contributed by atoms with Crippen molar-refractivity contribution in [2.75, 3.05) is 13.1 Å². The first-order chi connectivity index (χ1) is 13.9. The average molecular weight is 394 g/mol. The monoisotopic (exact) mass is 394 g/mol. The molecule has 0 bridgehead atoms. The van der Waals surface area contributed by atoms with Crippen molar-refractivity contribution in [1.82, 2.24) is 15.2 Å². The highest BCUT2D eigenvalue weighted by Crippen LogP contribution is 2.31. The lowest BCUT2D eigenvalue weighted by Gasteiger charge is -2.19. The van der Waals surface area contributed by atoms with Crippen LogP contribution >= 0.6 is 0 Å². The van der Waals surface area contributed by atoms with Gasteiger partial charge >= 0.3 is 0 Å². The molecule has 1 unspecified atom stereocenters. The van der Waals surface area contributed by atoms with Gasteiger partial charge in [-0.2, -0.15) is 5.26 Å². The van der Waals surface area contributed by atoms with Crippen LogP contribution in [-0.4, -0.2) is 46.8 Å². The van der Waals surface area contributed by atoms with Crippen molar-refractivity contribution in [3.8, 4) is 17.9 Å². The number of rotatable bonds is 3. The Bertz CT molecular complexity index is 1020. The highest BCUT2D eigenvalue weighted by atomic mass is 19.3. The Hall–Kier alpha value is -3.78. The first-order valence-corrected chi connectivity index (χ1v) is 8.76. The zero-order valence-corrected chi connectivity index (χ0v) is 15.2. The second-order valence-corrected chi connectivity index (χ2v) is 6.45. The zero-order chi connectivity index (χ0) is 20.9. The molecule has 29 heavy (non-hydrogen) atoms. The van der Waals surface area contributed by atoms with Crippen LogP contribution in [0.2, 0.25) is 0 Å². The standard InChI is InChI=1S/C21H16F2N4O2/c22-21(23)10-17(11-24)27(14-21)19(28)13-26-20(29)18-8-9-25-12-16(18)7-6-15-4-2-1-3-5-15/h1-5,8-9,12,17H,10,13-14H2,(H,26,29). The highest BCUT2D eigenvalue weighted by Gasteiger charge is 2.47. The minimum atomic E-state index is -3.11. The maximum Gasteiger partial charge on any atom is 0.268 e. The van der Waals surface area contributed by atoms with Crippen molar-refractivity contribution < 1.29 is 18.4 Å². The molecule has 0 aliphatic carbocycles. The van der Waals surface area contributed by atoms with Crippen molar-refractivity contribution in [3.63, 3.8) is 0 Å². The smallest absolute Gasteiger partial charge is 0.268 e. The summed E-state index contributed by atoms with van der Waals surface area (Å²) in [6.07, 6.45) is 2.14. The number of hydrogen-bond donors (Lipinski definition) is 1. The molecule has 2 aromatic rings. The Morgan fingerprint density at radius 3 is 2.72 bits per heavy atom. The Labute approximate surface area is 166 Å². The van der Waals surface area contributed by atoms with Gasteiger partial charge in [-0.05, 0) is 18.2 Å². The van der Waals surface area contributed by atoms with Crippen LogP contribution in [0.5, 0.6) is 0 Å². The van der Waals surface area contributed by atoms with Crippen molar-refractivity contribution in [3.05, 3.63) is 65.5 Å². The molecule has 1 aromatic heterocycles. The summed E-state index contributed by atoms with van der Waals surface area (Å²) >= 11 is 0. The van der Waals surface area contributed by atoms with Crippen LogP contribution < -0.4 is 5.32 Å². The molecule has 8 heteroatoms. The van der Waals surface area contributed by atoms with Gasteiger partial charge in [0.1, 0.15) is 6.04 Å². The zero-order valence-electron chi connectivity index (χ0n) is 15.2. The van der Waals surface area contributed by atoms with Crippen molar-refractivity contribution in [2.24, 2.45) is 0 Å². The third-order valence-electron chi connectivity index (χ3n) is 4.32. The number of carbonyl (C=O) groups excluding carboxylic acids is 2.